The third-order valence-corrected chi connectivity index (χ3v) is 2.10. The minimum atomic E-state index is 0.284. The zero-order valence-corrected chi connectivity index (χ0v) is 8.92. The zero-order valence-electron chi connectivity index (χ0n) is 8.92. The summed E-state index contributed by atoms with van der Waals surface area (Å²) in [7, 11) is 5.90. The van der Waals surface area contributed by atoms with Crippen molar-refractivity contribution in [2.24, 2.45) is 0 Å². The summed E-state index contributed by atoms with van der Waals surface area (Å²) in [6.45, 7) is 6.31. The second kappa shape index (κ2) is 6.40. The third kappa shape index (κ3) is 5.52. The Labute approximate surface area is 76.1 Å². The Hall–Kier alpha value is -0.120. The Bertz CT molecular complexity index is 107. The Balaban J connectivity index is 3.37. The van der Waals surface area contributed by atoms with Crippen LogP contribution in [0.25, 0.3) is 0 Å². The van der Waals surface area contributed by atoms with Crippen molar-refractivity contribution in [2.75, 3.05) is 34.3 Å². The molecule has 0 amide bonds. The van der Waals surface area contributed by atoms with Crippen LogP contribution in [0.3, 0.4) is 0 Å². The second-order valence-corrected chi connectivity index (χ2v) is 3.49. The summed E-state index contributed by atoms with van der Waals surface area (Å²) in [6.07, 6.45) is 0.284. The van der Waals surface area contributed by atoms with Crippen molar-refractivity contribution in [1.82, 2.24) is 10.2 Å². The lowest BCUT2D eigenvalue weighted by Crippen LogP contribution is -2.40. The first-order chi connectivity index (χ1) is 5.57. The van der Waals surface area contributed by atoms with E-state index in [4.69, 9.17) is 4.74 Å². The molecule has 0 aromatic rings. The summed E-state index contributed by atoms with van der Waals surface area (Å²) >= 11 is 0. The molecule has 3 nitrogen and oxygen atoms in total. The Morgan fingerprint density at radius 1 is 1.33 bits per heavy atom. The Morgan fingerprint density at radius 2 is 1.92 bits per heavy atom. The number of rotatable bonds is 6. The molecule has 0 aliphatic rings. The van der Waals surface area contributed by atoms with Gasteiger partial charge in [0.1, 0.15) is 0 Å². The van der Waals surface area contributed by atoms with Gasteiger partial charge in [0.25, 0.3) is 0 Å². The van der Waals surface area contributed by atoms with Gasteiger partial charge in [0, 0.05) is 26.2 Å². The molecule has 0 aromatic carbocycles. The lowest BCUT2D eigenvalue weighted by atomic mass is 10.2. The third-order valence-electron chi connectivity index (χ3n) is 2.10. The SMILES string of the molecule is COC(C)C(C)NCCN(C)C. The minimum Gasteiger partial charge on any atom is -0.380 e. The molecule has 0 spiro atoms. The summed E-state index contributed by atoms with van der Waals surface area (Å²) < 4.78 is 5.19. The van der Waals surface area contributed by atoms with E-state index in [-0.39, 0.29) is 6.10 Å². The van der Waals surface area contributed by atoms with Gasteiger partial charge >= 0.3 is 0 Å². The van der Waals surface area contributed by atoms with E-state index >= 15 is 0 Å². The number of nitrogens with one attached hydrogen (secondary N) is 1. The van der Waals surface area contributed by atoms with Gasteiger partial charge < -0.3 is 15.0 Å². The maximum atomic E-state index is 5.19. The maximum absolute atomic E-state index is 5.19. The standard InChI is InChI=1S/C9H22N2O/c1-8(9(2)12-5)10-6-7-11(3)4/h8-10H,6-7H2,1-5H3. The molecule has 0 aromatic heterocycles. The molecule has 0 saturated heterocycles. The molecule has 0 fully saturated rings. The molecule has 74 valence electrons. The van der Waals surface area contributed by atoms with E-state index in [0.29, 0.717) is 6.04 Å². The van der Waals surface area contributed by atoms with E-state index in [0.717, 1.165) is 13.1 Å². The van der Waals surface area contributed by atoms with Gasteiger partial charge in [-0.15, -0.1) is 0 Å². The Kier molecular flexibility index (Phi) is 6.34. The average molecular weight is 174 g/mol. The van der Waals surface area contributed by atoms with Crippen molar-refractivity contribution in [3.63, 3.8) is 0 Å². The van der Waals surface area contributed by atoms with Gasteiger partial charge in [-0.1, -0.05) is 0 Å². The quantitative estimate of drug-likeness (QED) is 0.637. The van der Waals surface area contributed by atoms with Gasteiger partial charge in [-0.25, -0.2) is 0 Å². The molecule has 0 heterocycles. The van der Waals surface area contributed by atoms with E-state index in [1.54, 1.807) is 7.11 Å². The zero-order chi connectivity index (χ0) is 9.56. The van der Waals surface area contributed by atoms with Gasteiger partial charge in [-0.3, -0.25) is 0 Å². The lowest BCUT2D eigenvalue weighted by Gasteiger charge is -2.20. The average Bonchev–Trinajstić information content (AvgIpc) is 2.02. The normalized spacial score (nSPS) is 16.5. The first-order valence-corrected chi connectivity index (χ1v) is 4.48. The van der Waals surface area contributed by atoms with Crippen LogP contribution >= 0.6 is 0 Å². The predicted molar refractivity (Wildman–Crippen MR) is 52.5 cm³/mol. The van der Waals surface area contributed by atoms with Crippen LogP contribution in [-0.2, 0) is 4.74 Å². The van der Waals surface area contributed by atoms with Crippen molar-refractivity contribution >= 4 is 0 Å². The van der Waals surface area contributed by atoms with Crippen LogP contribution < -0.4 is 5.32 Å². The van der Waals surface area contributed by atoms with Crippen LogP contribution in [0, 0.1) is 0 Å². The maximum Gasteiger partial charge on any atom is 0.0693 e. The fourth-order valence-electron chi connectivity index (χ4n) is 0.886. The second-order valence-electron chi connectivity index (χ2n) is 3.49. The molecule has 0 saturated carbocycles. The van der Waals surface area contributed by atoms with E-state index in [1.807, 2.05) is 0 Å². The largest absolute Gasteiger partial charge is 0.380 e. The van der Waals surface area contributed by atoms with Crippen molar-refractivity contribution in [2.45, 2.75) is 26.0 Å². The summed E-state index contributed by atoms with van der Waals surface area (Å²) in [5.41, 5.74) is 0. The van der Waals surface area contributed by atoms with Crippen LogP contribution in [0.5, 0.6) is 0 Å². The van der Waals surface area contributed by atoms with E-state index < -0.39 is 0 Å². The molecular formula is C9H22N2O. The predicted octanol–water partition coefficient (Wildman–Crippen LogP) is 0.561. The summed E-state index contributed by atoms with van der Waals surface area (Å²) in [6, 6.07) is 0.426. The smallest absolute Gasteiger partial charge is 0.0693 e. The number of methoxy groups -OCH3 is 1. The van der Waals surface area contributed by atoms with E-state index in [2.05, 4.69) is 38.2 Å². The highest BCUT2D eigenvalue weighted by Gasteiger charge is 2.08. The highest BCUT2D eigenvalue weighted by atomic mass is 16.5. The minimum absolute atomic E-state index is 0.284. The van der Waals surface area contributed by atoms with Crippen molar-refractivity contribution in [1.29, 1.82) is 0 Å². The highest BCUT2D eigenvalue weighted by molar-refractivity contribution is 4.67. The highest BCUT2D eigenvalue weighted by Crippen LogP contribution is 1.94. The van der Waals surface area contributed by atoms with E-state index in [9.17, 15) is 0 Å². The summed E-state index contributed by atoms with van der Waals surface area (Å²) in [4.78, 5) is 2.16. The summed E-state index contributed by atoms with van der Waals surface area (Å²) in [5.74, 6) is 0. The lowest BCUT2D eigenvalue weighted by molar-refractivity contribution is 0.0882. The first kappa shape index (κ1) is 11.9. The molecule has 2 unspecified atom stereocenters. The fourth-order valence-corrected chi connectivity index (χ4v) is 0.886. The van der Waals surface area contributed by atoms with Crippen LogP contribution in [-0.4, -0.2) is 51.3 Å². The number of hydrogen-bond acceptors (Lipinski definition) is 3. The van der Waals surface area contributed by atoms with Crippen LogP contribution in [0.4, 0.5) is 0 Å². The molecular weight excluding hydrogens is 152 g/mol. The molecule has 2 atom stereocenters. The van der Waals surface area contributed by atoms with Gasteiger partial charge in [0.15, 0.2) is 0 Å². The van der Waals surface area contributed by atoms with Crippen LogP contribution in [0.2, 0.25) is 0 Å². The molecule has 0 aliphatic carbocycles. The van der Waals surface area contributed by atoms with Crippen molar-refractivity contribution in [3.8, 4) is 0 Å². The summed E-state index contributed by atoms with van der Waals surface area (Å²) in [5, 5.41) is 3.40. The van der Waals surface area contributed by atoms with Crippen molar-refractivity contribution < 1.29 is 4.74 Å². The molecule has 3 heteroatoms. The van der Waals surface area contributed by atoms with Gasteiger partial charge in [-0.05, 0) is 27.9 Å². The molecule has 0 radical (unpaired) electrons. The number of likely N-dealkylation sites (N-methyl/N-ethyl adjacent to an activating group) is 1. The number of nitrogens with zero attached hydrogens (tertiary/aromatic N) is 1. The van der Waals surface area contributed by atoms with Crippen molar-refractivity contribution in [3.05, 3.63) is 0 Å². The molecule has 12 heavy (non-hydrogen) atoms. The number of ether oxygens (including phenoxy) is 1. The van der Waals surface area contributed by atoms with Crippen LogP contribution in [0.15, 0.2) is 0 Å². The molecule has 0 rings (SSSR count). The Morgan fingerprint density at radius 3 is 2.33 bits per heavy atom. The molecule has 0 aliphatic heterocycles. The van der Waals surface area contributed by atoms with E-state index in [1.165, 1.54) is 0 Å². The fraction of sp³-hybridized carbons (Fsp3) is 1.00. The van der Waals surface area contributed by atoms with Gasteiger partial charge in [-0.2, -0.15) is 0 Å². The molecule has 0 bridgehead atoms. The first-order valence-electron chi connectivity index (χ1n) is 4.48. The van der Waals surface area contributed by atoms with Gasteiger partial charge in [0.05, 0.1) is 6.10 Å². The van der Waals surface area contributed by atoms with Crippen LogP contribution in [0.1, 0.15) is 13.8 Å². The van der Waals surface area contributed by atoms with Gasteiger partial charge in [0.2, 0.25) is 0 Å². The molecule has 1 N–H and O–H groups in total. The number of hydrogen-bond donors (Lipinski definition) is 1. The topological polar surface area (TPSA) is 24.5 Å². The monoisotopic (exact) mass is 174 g/mol.